The van der Waals surface area contributed by atoms with E-state index in [1.807, 2.05) is 32.9 Å². The number of hydrogen-bond acceptors (Lipinski definition) is 4. The van der Waals surface area contributed by atoms with Crippen molar-refractivity contribution in [2.45, 2.75) is 41.5 Å². The molecule has 6 heteroatoms. The van der Waals surface area contributed by atoms with Gasteiger partial charge in [-0.05, 0) is 76.9 Å². The Hall–Kier alpha value is -3.15. The van der Waals surface area contributed by atoms with E-state index in [9.17, 15) is 14.4 Å². The largest absolute Gasteiger partial charge is 0.462 e. The van der Waals surface area contributed by atoms with Crippen LogP contribution in [0, 0.1) is 26.2 Å². The minimum atomic E-state index is -1.30. The van der Waals surface area contributed by atoms with E-state index < -0.39 is 23.2 Å². The van der Waals surface area contributed by atoms with Gasteiger partial charge in [0.05, 0.1) is 12.2 Å². The van der Waals surface area contributed by atoms with E-state index in [-0.39, 0.29) is 0 Å². The summed E-state index contributed by atoms with van der Waals surface area (Å²) in [5, 5.41) is 5.62. The zero-order valence-electron chi connectivity index (χ0n) is 17.8. The molecule has 29 heavy (non-hydrogen) atoms. The Labute approximate surface area is 171 Å². The number of carbonyl (C=O) groups excluding carboxylic acids is 3. The van der Waals surface area contributed by atoms with Crippen LogP contribution in [0.2, 0.25) is 0 Å². The van der Waals surface area contributed by atoms with E-state index in [1.165, 1.54) is 0 Å². The number of ether oxygens (including phenoxy) is 1. The number of anilines is 2. The summed E-state index contributed by atoms with van der Waals surface area (Å²) < 4.78 is 4.94. The molecular weight excluding hydrogens is 368 g/mol. The minimum absolute atomic E-state index is 0.292. The maximum Gasteiger partial charge on any atom is 0.338 e. The Morgan fingerprint density at radius 3 is 1.93 bits per heavy atom. The molecule has 0 aliphatic carbocycles. The Bertz CT molecular complexity index is 907. The van der Waals surface area contributed by atoms with Crippen molar-refractivity contribution >= 4 is 29.2 Å². The van der Waals surface area contributed by atoms with E-state index in [0.717, 1.165) is 22.4 Å². The third-order valence-corrected chi connectivity index (χ3v) is 4.70. The smallest absolute Gasteiger partial charge is 0.338 e. The summed E-state index contributed by atoms with van der Waals surface area (Å²) in [6, 6.07) is 10.3. The minimum Gasteiger partial charge on any atom is -0.462 e. The molecular formula is C23H28N2O4. The Morgan fingerprint density at radius 1 is 0.897 bits per heavy atom. The monoisotopic (exact) mass is 396 g/mol. The third kappa shape index (κ3) is 5.22. The highest BCUT2D eigenvalue weighted by molar-refractivity contribution is 6.14. The third-order valence-electron chi connectivity index (χ3n) is 4.70. The van der Waals surface area contributed by atoms with Crippen molar-refractivity contribution in [2.75, 3.05) is 17.2 Å². The lowest BCUT2D eigenvalue weighted by Crippen LogP contribution is -2.41. The van der Waals surface area contributed by atoms with Gasteiger partial charge in [0.1, 0.15) is 5.41 Å². The molecule has 0 aliphatic rings. The van der Waals surface area contributed by atoms with Crippen LogP contribution in [0.1, 0.15) is 47.8 Å². The van der Waals surface area contributed by atoms with Crippen LogP contribution in [0.4, 0.5) is 11.4 Å². The maximum atomic E-state index is 12.8. The zero-order valence-corrected chi connectivity index (χ0v) is 17.8. The van der Waals surface area contributed by atoms with Gasteiger partial charge < -0.3 is 15.4 Å². The van der Waals surface area contributed by atoms with Crippen LogP contribution in [-0.4, -0.2) is 24.4 Å². The Balaban J connectivity index is 2.11. The highest BCUT2D eigenvalue weighted by Gasteiger charge is 2.36. The molecule has 6 nitrogen and oxygen atoms in total. The van der Waals surface area contributed by atoms with Crippen molar-refractivity contribution in [3.8, 4) is 0 Å². The number of benzene rings is 2. The van der Waals surface area contributed by atoms with Gasteiger partial charge in [-0.25, -0.2) is 4.79 Å². The summed E-state index contributed by atoms with van der Waals surface area (Å²) in [5.74, 6) is -1.26. The number of carbonyl (C=O) groups is 3. The van der Waals surface area contributed by atoms with Gasteiger partial charge in [-0.15, -0.1) is 0 Å². The van der Waals surface area contributed by atoms with Crippen molar-refractivity contribution in [3.63, 3.8) is 0 Å². The van der Waals surface area contributed by atoms with Crippen LogP contribution in [-0.2, 0) is 14.3 Å². The standard InChI is InChI=1S/C23H28N2O4/c1-7-29-20(26)17-8-10-18(11-9-17)24-21(27)23(5,6)22(28)25-19-15(3)12-14(2)13-16(19)4/h8-13H,7H2,1-6H3,(H,24,27)(H,25,28). The molecule has 2 N–H and O–H groups in total. The summed E-state index contributed by atoms with van der Waals surface area (Å²) in [5.41, 5.74) is 3.31. The second-order valence-corrected chi connectivity index (χ2v) is 7.60. The molecule has 0 heterocycles. The molecule has 2 rings (SSSR count). The predicted octanol–water partition coefficient (Wildman–Crippen LogP) is 4.39. The number of hydrogen-bond donors (Lipinski definition) is 2. The average Bonchev–Trinajstić information content (AvgIpc) is 2.65. The van der Waals surface area contributed by atoms with Crippen LogP contribution in [0.3, 0.4) is 0 Å². The van der Waals surface area contributed by atoms with Crippen LogP contribution < -0.4 is 10.6 Å². The number of nitrogens with one attached hydrogen (secondary N) is 2. The molecule has 0 aliphatic heterocycles. The molecule has 2 amide bonds. The van der Waals surface area contributed by atoms with Crippen LogP contribution >= 0.6 is 0 Å². The fourth-order valence-electron chi connectivity index (χ4n) is 2.94. The lowest BCUT2D eigenvalue weighted by Gasteiger charge is -2.24. The highest BCUT2D eigenvalue weighted by Crippen LogP contribution is 2.26. The first kappa shape index (κ1) is 22.1. The first-order chi connectivity index (χ1) is 13.6. The summed E-state index contributed by atoms with van der Waals surface area (Å²) in [6.45, 7) is 11.0. The fraction of sp³-hybridized carbons (Fsp3) is 0.348. The first-order valence-electron chi connectivity index (χ1n) is 9.54. The molecule has 0 saturated carbocycles. The first-order valence-corrected chi connectivity index (χ1v) is 9.54. The quantitative estimate of drug-likeness (QED) is 0.560. The van der Waals surface area contributed by atoms with Gasteiger partial charge in [-0.2, -0.15) is 0 Å². The molecule has 0 saturated heterocycles. The van der Waals surface area contributed by atoms with E-state index in [0.29, 0.717) is 17.9 Å². The van der Waals surface area contributed by atoms with Crippen molar-refractivity contribution in [1.29, 1.82) is 0 Å². The summed E-state index contributed by atoms with van der Waals surface area (Å²) >= 11 is 0. The van der Waals surface area contributed by atoms with Gasteiger partial charge in [-0.1, -0.05) is 17.7 Å². The molecule has 0 aromatic heterocycles. The van der Waals surface area contributed by atoms with Gasteiger partial charge in [0.25, 0.3) is 0 Å². The molecule has 2 aromatic carbocycles. The lowest BCUT2D eigenvalue weighted by molar-refractivity contribution is -0.135. The number of esters is 1. The normalized spacial score (nSPS) is 11.0. The van der Waals surface area contributed by atoms with Crippen LogP contribution in [0.5, 0.6) is 0 Å². The second-order valence-electron chi connectivity index (χ2n) is 7.60. The van der Waals surface area contributed by atoms with Gasteiger partial charge in [0, 0.05) is 11.4 Å². The molecule has 0 bridgehead atoms. The Kier molecular flexibility index (Phi) is 6.80. The SMILES string of the molecule is CCOC(=O)c1ccc(NC(=O)C(C)(C)C(=O)Nc2c(C)cc(C)cc2C)cc1. The number of rotatable bonds is 6. The second kappa shape index (κ2) is 8.90. The Morgan fingerprint density at radius 2 is 1.41 bits per heavy atom. The van der Waals surface area contributed by atoms with Gasteiger partial charge >= 0.3 is 5.97 Å². The predicted molar refractivity (Wildman–Crippen MR) is 114 cm³/mol. The van der Waals surface area contributed by atoms with Gasteiger partial charge in [0.15, 0.2) is 0 Å². The van der Waals surface area contributed by atoms with Crippen molar-refractivity contribution in [1.82, 2.24) is 0 Å². The average molecular weight is 396 g/mol. The van der Waals surface area contributed by atoms with E-state index in [2.05, 4.69) is 10.6 Å². The van der Waals surface area contributed by atoms with E-state index >= 15 is 0 Å². The molecule has 0 atom stereocenters. The van der Waals surface area contributed by atoms with Crippen molar-refractivity contribution in [3.05, 3.63) is 58.7 Å². The molecule has 2 aromatic rings. The molecule has 0 radical (unpaired) electrons. The van der Waals surface area contributed by atoms with E-state index in [4.69, 9.17) is 4.74 Å². The van der Waals surface area contributed by atoms with Crippen molar-refractivity contribution in [2.24, 2.45) is 5.41 Å². The summed E-state index contributed by atoms with van der Waals surface area (Å²) in [7, 11) is 0. The molecule has 0 unspecified atom stereocenters. The number of aryl methyl sites for hydroxylation is 3. The highest BCUT2D eigenvalue weighted by atomic mass is 16.5. The van der Waals surface area contributed by atoms with Gasteiger partial charge in [-0.3, -0.25) is 9.59 Å². The van der Waals surface area contributed by atoms with E-state index in [1.54, 1.807) is 45.0 Å². The van der Waals surface area contributed by atoms with Crippen LogP contribution in [0.25, 0.3) is 0 Å². The van der Waals surface area contributed by atoms with Gasteiger partial charge in [0.2, 0.25) is 11.8 Å². The zero-order chi connectivity index (χ0) is 21.8. The maximum absolute atomic E-state index is 12.8. The number of amides is 2. The van der Waals surface area contributed by atoms with Crippen molar-refractivity contribution < 1.29 is 19.1 Å². The lowest BCUT2D eigenvalue weighted by atomic mass is 9.90. The molecule has 0 fully saturated rings. The topological polar surface area (TPSA) is 84.5 Å². The van der Waals surface area contributed by atoms with Crippen LogP contribution in [0.15, 0.2) is 36.4 Å². The summed E-state index contributed by atoms with van der Waals surface area (Å²) in [4.78, 5) is 37.3. The summed E-state index contributed by atoms with van der Waals surface area (Å²) in [6.07, 6.45) is 0. The molecule has 154 valence electrons. The molecule has 0 spiro atoms. The fourth-order valence-corrected chi connectivity index (χ4v) is 2.94.